The fourth-order valence-electron chi connectivity index (χ4n) is 4.57. The van der Waals surface area contributed by atoms with Crippen molar-refractivity contribution >= 4 is 23.2 Å². The lowest BCUT2D eigenvalue weighted by molar-refractivity contribution is 0.0694. The molecule has 2 aliphatic heterocycles. The Kier molecular flexibility index (Phi) is 7.47. The van der Waals surface area contributed by atoms with Gasteiger partial charge in [-0.2, -0.15) is 5.10 Å². The van der Waals surface area contributed by atoms with E-state index in [-0.39, 0.29) is 17.5 Å². The van der Waals surface area contributed by atoms with Gasteiger partial charge in [0, 0.05) is 54.8 Å². The highest BCUT2D eigenvalue weighted by Crippen LogP contribution is 2.27. The molecule has 0 aliphatic carbocycles. The number of nitrogens with zero attached hydrogens (tertiary/aromatic N) is 2. The zero-order chi connectivity index (χ0) is 25.8. The lowest BCUT2D eigenvalue weighted by Gasteiger charge is -2.29. The molecular weight excluding hydrogens is 477 g/mol. The van der Waals surface area contributed by atoms with E-state index in [2.05, 4.69) is 20.8 Å². The summed E-state index contributed by atoms with van der Waals surface area (Å²) in [5.41, 5.74) is 4.08. The number of carbonyl (C=O) groups is 2. The summed E-state index contributed by atoms with van der Waals surface area (Å²) in [7, 11) is 0. The number of aryl methyl sites for hydroxylation is 1. The quantitative estimate of drug-likeness (QED) is 0.471. The van der Waals surface area contributed by atoms with Gasteiger partial charge < -0.3 is 25.0 Å². The fourth-order valence-corrected chi connectivity index (χ4v) is 4.57. The van der Waals surface area contributed by atoms with Crippen molar-refractivity contribution in [3.05, 3.63) is 65.1 Å². The Bertz CT molecular complexity index is 1280. The highest BCUT2D eigenvalue weighted by molar-refractivity contribution is 6.05. The molecule has 3 N–H and O–H groups in total. The largest absolute Gasteiger partial charge is 0.381 e. The topological polar surface area (TPSA) is 109 Å². The van der Waals surface area contributed by atoms with Crippen LogP contribution in [0.2, 0.25) is 0 Å². The summed E-state index contributed by atoms with van der Waals surface area (Å²) in [6, 6.07) is 11.6. The van der Waals surface area contributed by atoms with Crippen LogP contribution in [0, 0.1) is 12.7 Å². The Morgan fingerprint density at radius 3 is 2.54 bits per heavy atom. The number of halogens is 1. The van der Waals surface area contributed by atoms with Gasteiger partial charge in [0.05, 0.1) is 18.9 Å². The van der Waals surface area contributed by atoms with Crippen molar-refractivity contribution in [2.75, 3.05) is 49.7 Å². The van der Waals surface area contributed by atoms with Gasteiger partial charge >= 0.3 is 0 Å². The minimum Gasteiger partial charge on any atom is -0.381 e. The maximum Gasteiger partial charge on any atom is 0.269 e. The van der Waals surface area contributed by atoms with Crippen LogP contribution < -0.4 is 15.5 Å². The first-order valence-corrected chi connectivity index (χ1v) is 12.5. The van der Waals surface area contributed by atoms with Crippen LogP contribution in [0.1, 0.15) is 39.3 Å². The number of rotatable bonds is 6. The molecule has 2 fully saturated rings. The molecule has 0 spiro atoms. The summed E-state index contributed by atoms with van der Waals surface area (Å²) in [5.74, 6) is -1.10. The van der Waals surface area contributed by atoms with E-state index >= 15 is 0 Å². The van der Waals surface area contributed by atoms with E-state index in [9.17, 15) is 14.0 Å². The van der Waals surface area contributed by atoms with Gasteiger partial charge in [0.1, 0.15) is 11.5 Å². The van der Waals surface area contributed by atoms with Crippen LogP contribution in [0.15, 0.2) is 42.5 Å². The van der Waals surface area contributed by atoms with Crippen molar-refractivity contribution in [3.8, 4) is 11.3 Å². The molecular formula is C27H30FN5O4. The molecule has 37 heavy (non-hydrogen) atoms. The van der Waals surface area contributed by atoms with E-state index < -0.39 is 11.7 Å². The molecule has 5 rings (SSSR count). The molecule has 1 aromatic heterocycles. The van der Waals surface area contributed by atoms with Gasteiger partial charge in [-0.25, -0.2) is 4.39 Å². The van der Waals surface area contributed by atoms with E-state index in [1.54, 1.807) is 24.3 Å². The second kappa shape index (κ2) is 11.1. The molecule has 2 aliphatic rings. The summed E-state index contributed by atoms with van der Waals surface area (Å²) in [4.78, 5) is 27.7. The van der Waals surface area contributed by atoms with Crippen LogP contribution in [0.3, 0.4) is 0 Å². The smallest absolute Gasteiger partial charge is 0.269 e. The predicted octanol–water partition coefficient (Wildman–Crippen LogP) is 3.52. The number of H-pyrrole nitrogens is 1. The van der Waals surface area contributed by atoms with Crippen LogP contribution in [0.25, 0.3) is 11.3 Å². The molecule has 0 unspecified atom stereocenters. The Morgan fingerprint density at radius 2 is 1.76 bits per heavy atom. The number of nitrogens with one attached hydrogen (secondary N) is 3. The van der Waals surface area contributed by atoms with Crippen LogP contribution in [0.4, 0.5) is 15.8 Å². The maximum atomic E-state index is 14.3. The Labute approximate surface area is 214 Å². The molecule has 2 aromatic carbocycles. The summed E-state index contributed by atoms with van der Waals surface area (Å²) in [6.07, 6.45) is 1.57. The SMILES string of the molecule is Cc1ccc(NC(=O)c2cc(F)cc(N3CCOCC3)c2)cc1-c1cc(C(=O)NC2CCOCC2)[nH]n1. The average Bonchev–Trinajstić information content (AvgIpc) is 3.41. The van der Waals surface area contributed by atoms with Gasteiger partial charge in [-0.15, -0.1) is 0 Å². The molecule has 3 heterocycles. The molecule has 3 aromatic rings. The first kappa shape index (κ1) is 24.9. The number of hydrogen-bond acceptors (Lipinski definition) is 6. The van der Waals surface area contributed by atoms with E-state index in [1.165, 1.54) is 12.1 Å². The van der Waals surface area contributed by atoms with Crippen molar-refractivity contribution in [2.45, 2.75) is 25.8 Å². The van der Waals surface area contributed by atoms with Gasteiger partial charge in [-0.1, -0.05) is 6.07 Å². The molecule has 2 saturated heterocycles. The Balaban J connectivity index is 1.30. The number of aromatic amines is 1. The third-order valence-corrected chi connectivity index (χ3v) is 6.67. The second-order valence-electron chi connectivity index (χ2n) is 9.31. The number of hydrogen-bond donors (Lipinski definition) is 3. The third kappa shape index (κ3) is 5.98. The molecule has 2 amide bonds. The standard InChI is InChI=1S/C27H30FN5O4/c1-17-2-3-21(30-26(34)18-12-19(28)14-22(13-18)33-6-10-37-11-7-33)15-23(17)24-16-25(32-31-24)27(35)29-20-4-8-36-9-5-20/h2-3,12-16,20H,4-11H2,1H3,(H,29,35)(H,30,34)(H,31,32). The number of ether oxygens (including phenoxy) is 2. The molecule has 10 heteroatoms. The van der Waals surface area contributed by atoms with Gasteiger partial charge in [-0.3, -0.25) is 14.7 Å². The highest BCUT2D eigenvalue weighted by Gasteiger charge is 2.20. The first-order chi connectivity index (χ1) is 18.0. The number of benzene rings is 2. The van der Waals surface area contributed by atoms with E-state index in [1.807, 2.05) is 17.9 Å². The van der Waals surface area contributed by atoms with Gasteiger partial charge in [0.25, 0.3) is 11.8 Å². The third-order valence-electron chi connectivity index (χ3n) is 6.67. The molecule has 9 nitrogen and oxygen atoms in total. The molecule has 0 atom stereocenters. The van der Waals surface area contributed by atoms with Crippen molar-refractivity contribution in [1.82, 2.24) is 15.5 Å². The average molecular weight is 508 g/mol. The zero-order valence-corrected chi connectivity index (χ0v) is 20.7. The van der Waals surface area contributed by atoms with Crippen molar-refractivity contribution in [1.29, 1.82) is 0 Å². The zero-order valence-electron chi connectivity index (χ0n) is 20.7. The van der Waals surface area contributed by atoms with Crippen LogP contribution >= 0.6 is 0 Å². The first-order valence-electron chi connectivity index (χ1n) is 12.5. The van der Waals surface area contributed by atoms with E-state index in [4.69, 9.17) is 9.47 Å². The number of aromatic nitrogens is 2. The summed E-state index contributed by atoms with van der Waals surface area (Å²) in [5, 5.41) is 13.0. The van der Waals surface area contributed by atoms with Crippen molar-refractivity contribution in [3.63, 3.8) is 0 Å². The molecule has 0 bridgehead atoms. The fraction of sp³-hybridized carbons (Fsp3) is 0.370. The molecule has 0 saturated carbocycles. The van der Waals surface area contributed by atoms with Crippen LogP contribution in [-0.4, -0.2) is 67.6 Å². The summed E-state index contributed by atoms with van der Waals surface area (Å²) < 4.78 is 25.1. The van der Waals surface area contributed by atoms with Crippen LogP contribution in [-0.2, 0) is 9.47 Å². The number of anilines is 2. The van der Waals surface area contributed by atoms with Gasteiger partial charge in [0.15, 0.2) is 0 Å². The monoisotopic (exact) mass is 507 g/mol. The predicted molar refractivity (Wildman–Crippen MR) is 137 cm³/mol. The van der Waals surface area contributed by atoms with Crippen molar-refractivity contribution < 1.29 is 23.5 Å². The van der Waals surface area contributed by atoms with Crippen molar-refractivity contribution in [2.24, 2.45) is 0 Å². The van der Waals surface area contributed by atoms with E-state index in [0.717, 1.165) is 24.0 Å². The minimum absolute atomic E-state index is 0.0832. The highest BCUT2D eigenvalue weighted by atomic mass is 19.1. The Hall–Kier alpha value is -3.76. The molecule has 194 valence electrons. The number of carbonyl (C=O) groups excluding carboxylic acids is 2. The second-order valence-corrected chi connectivity index (χ2v) is 9.31. The lowest BCUT2D eigenvalue weighted by atomic mass is 10.0. The molecule has 0 radical (unpaired) electrons. The Morgan fingerprint density at radius 1 is 1.00 bits per heavy atom. The summed E-state index contributed by atoms with van der Waals surface area (Å²) >= 11 is 0. The number of morpholine rings is 1. The van der Waals surface area contributed by atoms with Gasteiger partial charge in [0.2, 0.25) is 0 Å². The van der Waals surface area contributed by atoms with Gasteiger partial charge in [-0.05, 0) is 61.7 Å². The minimum atomic E-state index is -0.471. The normalized spacial score (nSPS) is 16.4. The van der Waals surface area contributed by atoms with Crippen LogP contribution in [0.5, 0.6) is 0 Å². The van der Waals surface area contributed by atoms with E-state index in [0.29, 0.717) is 62.3 Å². The number of amides is 2. The maximum absolute atomic E-state index is 14.3. The summed E-state index contributed by atoms with van der Waals surface area (Å²) in [6.45, 7) is 5.63. The lowest BCUT2D eigenvalue weighted by Crippen LogP contribution is -2.39.